The molecule has 4 heterocycles. The average molecular weight is 468 g/mol. The molecule has 1 saturated carbocycles. The van der Waals surface area contributed by atoms with E-state index in [4.69, 9.17) is 4.74 Å². The summed E-state index contributed by atoms with van der Waals surface area (Å²) in [4.78, 5) is 33.6. The molecule has 180 valence electrons. The zero-order valence-electron chi connectivity index (χ0n) is 19.4. The van der Waals surface area contributed by atoms with E-state index in [1.54, 1.807) is 18.0 Å². The van der Waals surface area contributed by atoms with Crippen LogP contribution < -0.4 is 0 Å². The number of aromatic nitrogens is 5. The van der Waals surface area contributed by atoms with Crippen molar-refractivity contribution in [1.29, 1.82) is 0 Å². The van der Waals surface area contributed by atoms with Crippen LogP contribution in [0.5, 0.6) is 0 Å². The smallest absolute Gasteiger partial charge is 0.336 e. The van der Waals surface area contributed by atoms with Crippen molar-refractivity contribution in [2.75, 3.05) is 26.8 Å². The summed E-state index contributed by atoms with van der Waals surface area (Å²) in [5.41, 5.74) is 1.83. The zero-order chi connectivity index (χ0) is 23.9. The van der Waals surface area contributed by atoms with Crippen LogP contribution in [0.1, 0.15) is 50.6 Å². The molecule has 1 N–H and O–H groups in total. The van der Waals surface area contributed by atoms with Crippen molar-refractivity contribution in [1.82, 2.24) is 35.0 Å². The van der Waals surface area contributed by atoms with Crippen LogP contribution >= 0.6 is 0 Å². The van der Waals surface area contributed by atoms with Gasteiger partial charge in [0.05, 0.1) is 29.3 Å². The van der Waals surface area contributed by atoms with Gasteiger partial charge in [0.2, 0.25) is 5.91 Å². The van der Waals surface area contributed by atoms with Crippen LogP contribution in [0.4, 0.5) is 0 Å². The van der Waals surface area contributed by atoms with E-state index in [1.807, 2.05) is 19.2 Å². The number of carbonyl (C=O) groups excluding carboxylic acids is 2. The number of tetrazole rings is 1. The summed E-state index contributed by atoms with van der Waals surface area (Å²) in [6.07, 6.45) is 7.38. The van der Waals surface area contributed by atoms with Crippen LogP contribution in [0, 0.1) is 5.41 Å². The second-order valence-electron chi connectivity index (χ2n) is 9.43. The lowest BCUT2D eigenvalue weighted by molar-refractivity contribution is -0.138. The summed E-state index contributed by atoms with van der Waals surface area (Å²) in [6, 6.07) is 3.82. The maximum atomic E-state index is 13.4. The van der Waals surface area contributed by atoms with Gasteiger partial charge >= 0.3 is 5.97 Å². The topological polar surface area (TPSA) is 127 Å². The van der Waals surface area contributed by atoms with E-state index < -0.39 is 0 Å². The zero-order valence-corrected chi connectivity index (χ0v) is 19.4. The van der Waals surface area contributed by atoms with Crippen molar-refractivity contribution in [2.24, 2.45) is 5.41 Å². The fourth-order valence-electron chi connectivity index (χ4n) is 5.57. The van der Waals surface area contributed by atoms with Gasteiger partial charge in [0, 0.05) is 18.8 Å². The van der Waals surface area contributed by atoms with E-state index in [0.717, 1.165) is 43.4 Å². The van der Waals surface area contributed by atoms with E-state index in [9.17, 15) is 14.7 Å². The van der Waals surface area contributed by atoms with Gasteiger partial charge in [-0.25, -0.2) is 9.78 Å². The molecule has 0 bridgehead atoms. The van der Waals surface area contributed by atoms with Crippen molar-refractivity contribution < 1.29 is 19.4 Å². The molecule has 1 atom stereocenters. The van der Waals surface area contributed by atoms with E-state index >= 15 is 0 Å². The number of likely N-dealkylation sites (N-methyl/N-ethyl adjacent to an activating group) is 1. The number of cyclic esters (lactones) is 1. The Kier molecular flexibility index (Phi) is 5.90. The number of nitrogens with zero attached hydrogens (tertiary/aromatic N) is 7. The third-order valence-corrected chi connectivity index (χ3v) is 7.81. The van der Waals surface area contributed by atoms with Crippen LogP contribution in [0.2, 0.25) is 0 Å². The quantitative estimate of drug-likeness (QED) is 0.619. The number of esters is 1. The molecular weight excluding hydrogens is 438 g/mol. The molecule has 2 fully saturated rings. The Labute approximate surface area is 197 Å². The Morgan fingerprint density at radius 3 is 2.65 bits per heavy atom. The molecule has 11 heteroatoms. The molecule has 11 nitrogen and oxygen atoms in total. The maximum absolute atomic E-state index is 13.4. The number of hydrogen-bond acceptors (Lipinski definition) is 9. The molecule has 34 heavy (non-hydrogen) atoms. The van der Waals surface area contributed by atoms with E-state index in [0.29, 0.717) is 17.9 Å². The molecule has 5 rings (SSSR count). The van der Waals surface area contributed by atoms with Crippen LogP contribution in [0.3, 0.4) is 0 Å². The largest absolute Gasteiger partial charge is 0.456 e. The molecule has 1 amide bonds. The molecule has 1 aliphatic carbocycles. The number of aliphatic hydroxyl groups excluding tert-OH is 1. The predicted molar refractivity (Wildman–Crippen MR) is 119 cm³/mol. The lowest BCUT2D eigenvalue weighted by Gasteiger charge is -2.42. The van der Waals surface area contributed by atoms with Crippen LogP contribution in [-0.2, 0) is 14.3 Å². The second kappa shape index (κ2) is 8.88. The van der Waals surface area contributed by atoms with Crippen LogP contribution in [-0.4, -0.2) is 84.8 Å². The average Bonchev–Trinajstić information content (AvgIpc) is 3.58. The molecular formula is C23H29N7O4. The van der Waals surface area contributed by atoms with Gasteiger partial charge in [0.1, 0.15) is 12.9 Å². The number of rotatable bonds is 6. The Bertz CT molecular complexity index is 1090. The minimum absolute atomic E-state index is 0.0295. The van der Waals surface area contributed by atoms with E-state index in [1.165, 1.54) is 11.0 Å². The molecule has 1 spiro atoms. The second-order valence-corrected chi connectivity index (χ2v) is 9.43. The van der Waals surface area contributed by atoms with Crippen molar-refractivity contribution in [3.63, 3.8) is 0 Å². The highest BCUT2D eigenvalue weighted by Crippen LogP contribution is 2.47. The van der Waals surface area contributed by atoms with Crippen molar-refractivity contribution >= 4 is 11.9 Å². The number of likely N-dealkylation sites (tertiary alicyclic amines) is 1. The third kappa shape index (κ3) is 3.78. The Balaban J connectivity index is 1.24. The van der Waals surface area contributed by atoms with Gasteiger partial charge in [-0.2, -0.15) is 4.68 Å². The maximum Gasteiger partial charge on any atom is 0.336 e. The highest BCUT2D eigenvalue weighted by molar-refractivity contribution is 5.94. The standard InChI is InChI=1S/C23H29N7O4/c1-15-19(13-34-21(15)32)29-10-9-23(22(29)33)7-5-17(6-8-23)28(2)18(12-31)16-3-4-20(24-11-16)30-14-25-26-27-30/h3-4,11,14,17-18,31H,5-10,12-13H2,1-2H3/t17?,18-,23?/m1/s1. The Morgan fingerprint density at radius 1 is 1.26 bits per heavy atom. The molecule has 2 aliphatic heterocycles. The predicted octanol–water partition coefficient (Wildman–Crippen LogP) is 1.01. The Hall–Kier alpha value is -3.18. The minimum atomic E-state index is -0.361. The summed E-state index contributed by atoms with van der Waals surface area (Å²) in [5.74, 6) is 0.406. The van der Waals surface area contributed by atoms with Gasteiger partial charge in [-0.05, 0) is 68.1 Å². The number of pyridine rings is 1. The van der Waals surface area contributed by atoms with E-state index in [2.05, 4.69) is 25.4 Å². The highest BCUT2D eigenvalue weighted by Gasteiger charge is 2.50. The number of ether oxygens (including phenoxy) is 1. The molecule has 2 aromatic rings. The van der Waals surface area contributed by atoms with E-state index in [-0.39, 0.29) is 42.6 Å². The summed E-state index contributed by atoms with van der Waals surface area (Å²) >= 11 is 0. The first kappa shape index (κ1) is 22.6. The molecule has 0 radical (unpaired) electrons. The number of amides is 1. The fourth-order valence-corrected chi connectivity index (χ4v) is 5.57. The molecule has 2 aromatic heterocycles. The molecule has 0 unspecified atom stereocenters. The summed E-state index contributed by atoms with van der Waals surface area (Å²) < 4.78 is 6.60. The molecule has 3 aliphatic rings. The monoisotopic (exact) mass is 467 g/mol. The van der Waals surface area contributed by atoms with Gasteiger partial charge in [-0.3, -0.25) is 9.69 Å². The highest BCUT2D eigenvalue weighted by atomic mass is 16.5. The SMILES string of the molecule is CC1=C(N2CCC3(CCC(N(C)[C@H](CO)c4ccc(-n5cnnn5)nc4)CC3)C2=O)COC1=O. The number of aliphatic hydroxyl groups is 1. The summed E-state index contributed by atoms with van der Waals surface area (Å²) in [5, 5.41) is 21.3. The van der Waals surface area contributed by atoms with Gasteiger partial charge in [0.25, 0.3) is 0 Å². The number of carbonyl (C=O) groups is 2. The fraction of sp³-hybridized carbons (Fsp3) is 0.565. The normalized spacial score (nSPS) is 26.1. The van der Waals surface area contributed by atoms with Gasteiger partial charge in [-0.1, -0.05) is 6.07 Å². The first-order valence-corrected chi connectivity index (χ1v) is 11.6. The first-order chi connectivity index (χ1) is 16.4. The van der Waals surface area contributed by atoms with Crippen molar-refractivity contribution in [3.05, 3.63) is 41.5 Å². The summed E-state index contributed by atoms with van der Waals surface area (Å²) in [7, 11) is 2.03. The van der Waals surface area contributed by atoms with Gasteiger partial charge in [0.15, 0.2) is 5.82 Å². The van der Waals surface area contributed by atoms with Crippen molar-refractivity contribution in [2.45, 2.75) is 51.1 Å². The first-order valence-electron chi connectivity index (χ1n) is 11.6. The van der Waals surface area contributed by atoms with Gasteiger partial charge < -0.3 is 14.7 Å². The minimum Gasteiger partial charge on any atom is -0.456 e. The summed E-state index contributed by atoms with van der Waals surface area (Å²) in [6.45, 7) is 2.53. The van der Waals surface area contributed by atoms with Crippen LogP contribution in [0.15, 0.2) is 35.9 Å². The molecule has 0 aromatic carbocycles. The van der Waals surface area contributed by atoms with Crippen LogP contribution in [0.25, 0.3) is 5.82 Å². The molecule has 1 saturated heterocycles. The number of hydrogen-bond donors (Lipinski definition) is 1. The van der Waals surface area contributed by atoms with Crippen molar-refractivity contribution in [3.8, 4) is 5.82 Å². The third-order valence-electron chi connectivity index (χ3n) is 7.81. The lowest BCUT2D eigenvalue weighted by Crippen LogP contribution is -2.44. The van der Waals surface area contributed by atoms with Gasteiger partial charge in [-0.15, -0.1) is 5.10 Å². The Morgan fingerprint density at radius 2 is 2.06 bits per heavy atom. The lowest BCUT2D eigenvalue weighted by atomic mass is 9.71.